The zero-order valence-corrected chi connectivity index (χ0v) is 7.73. The van der Waals surface area contributed by atoms with Crippen molar-refractivity contribution in [2.45, 2.75) is 13.2 Å². The Morgan fingerprint density at radius 2 is 2.08 bits per heavy atom. The topological polar surface area (TPSA) is 41.5 Å². The minimum atomic E-state index is -0.683. The van der Waals surface area contributed by atoms with Crippen LogP contribution in [0.3, 0.4) is 0 Å². The maximum Gasteiger partial charge on any atom is 0.151 e. The summed E-state index contributed by atoms with van der Waals surface area (Å²) >= 11 is 0. The number of hydrogen-bond donors (Lipinski definition) is 2. The molecule has 0 fully saturated rings. The molecular weight excluding hydrogens is 166 g/mol. The first-order chi connectivity index (χ1) is 6.29. The Hall–Kier alpha value is -1.06. The number of para-hydroxylation sites is 1. The molecule has 1 rings (SSSR count). The van der Waals surface area contributed by atoms with Gasteiger partial charge in [-0.1, -0.05) is 18.2 Å². The third-order valence-corrected chi connectivity index (χ3v) is 1.56. The van der Waals surface area contributed by atoms with Gasteiger partial charge in [0.15, 0.2) is 6.29 Å². The molecule has 1 unspecified atom stereocenters. The van der Waals surface area contributed by atoms with Gasteiger partial charge in [-0.2, -0.15) is 0 Å². The van der Waals surface area contributed by atoms with Gasteiger partial charge in [-0.25, -0.2) is 0 Å². The number of aliphatic hydroxyl groups is 1. The molecule has 2 N–H and O–H groups in total. The Balaban J connectivity index is 2.13. The fourth-order valence-corrected chi connectivity index (χ4v) is 0.981. The van der Waals surface area contributed by atoms with Gasteiger partial charge in [-0.15, -0.1) is 0 Å². The SMILES string of the molecule is CC(O)OCCNc1ccccc1. The molecule has 0 spiro atoms. The second-order valence-electron chi connectivity index (χ2n) is 2.76. The van der Waals surface area contributed by atoms with E-state index in [1.165, 1.54) is 0 Å². The van der Waals surface area contributed by atoms with Crippen LogP contribution in [-0.4, -0.2) is 24.5 Å². The highest BCUT2D eigenvalue weighted by Crippen LogP contribution is 2.03. The Kier molecular flexibility index (Phi) is 4.29. The van der Waals surface area contributed by atoms with Crippen molar-refractivity contribution in [2.75, 3.05) is 18.5 Å². The van der Waals surface area contributed by atoms with Crippen LogP contribution < -0.4 is 5.32 Å². The highest BCUT2D eigenvalue weighted by molar-refractivity contribution is 5.42. The Bertz CT molecular complexity index is 224. The average molecular weight is 181 g/mol. The fraction of sp³-hybridized carbons (Fsp3) is 0.400. The molecule has 0 saturated carbocycles. The van der Waals surface area contributed by atoms with Crippen LogP contribution in [0.4, 0.5) is 5.69 Å². The summed E-state index contributed by atoms with van der Waals surface area (Å²) in [6, 6.07) is 9.89. The van der Waals surface area contributed by atoms with Gasteiger partial charge in [0.1, 0.15) is 0 Å². The molecule has 1 aromatic carbocycles. The van der Waals surface area contributed by atoms with Gasteiger partial charge in [0.2, 0.25) is 0 Å². The number of ether oxygens (including phenoxy) is 1. The lowest BCUT2D eigenvalue weighted by Gasteiger charge is -2.08. The number of hydrogen-bond acceptors (Lipinski definition) is 3. The van der Waals surface area contributed by atoms with Crippen LogP contribution in [0.5, 0.6) is 0 Å². The molecule has 0 amide bonds. The zero-order chi connectivity index (χ0) is 9.52. The summed E-state index contributed by atoms with van der Waals surface area (Å²) in [5, 5.41) is 12.0. The molecule has 0 aliphatic carbocycles. The van der Waals surface area contributed by atoms with Crippen LogP contribution in [-0.2, 0) is 4.74 Å². The minimum Gasteiger partial charge on any atom is -0.383 e. The van der Waals surface area contributed by atoms with Crippen molar-refractivity contribution >= 4 is 5.69 Å². The van der Waals surface area contributed by atoms with E-state index < -0.39 is 6.29 Å². The van der Waals surface area contributed by atoms with Gasteiger partial charge in [-0.05, 0) is 19.1 Å². The van der Waals surface area contributed by atoms with Crippen molar-refractivity contribution in [2.24, 2.45) is 0 Å². The Labute approximate surface area is 78.3 Å². The van der Waals surface area contributed by atoms with Crippen molar-refractivity contribution in [1.29, 1.82) is 0 Å². The first kappa shape index (κ1) is 10.0. The number of nitrogens with one attached hydrogen (secondary N) is 1. The predicted molar refractivity (Wildman–Crippen MR) is 52.6 cm³/mol. The number of anilines is 1. The van der Waals surface area contributed by atoms with Gasteiger partial charge < -0.3 is 15.2 Å². The summed E-state index contributed by atoms with van der Waals surface area (Å²) in [6.07, 6.45) is -0.683. The van der Waals surface area contributed by atoms with E-state index >= 15 is 0 Å². The maximum absolute atomic E-state index is 8.80. The molecule has 1 aromatic rings. The number of aliphatic hydroxyl groups excluding tert-OH is 1. The summed E-state index contributed by atoms with van der Waals surface area (Å²) in [5.41, 5.74) is 1.07. The Morgan fingerprint density at radius 3 is 2.69 bits per heavy atom. The molecule has 0 heterocycles. The summed E-state index contributed by atoms with van der Waals surface area (Å²) < 4.78 is 4.96. The average Bonchev–Trinajstić information content (AvgIpc) is 2.14. The van der Waals surface area contributed by atoms with E-state index in [4.69, 9.17) is 9.84 Å². The van der Waals surface area contributed by atoms with Crippen LogP contribution in [0.2, 0.25) is 0 Å². The summed E-state index contributed by atoms with van der Waals surface area (Å²) in [6.45, 7) is 2.81. The molecule has 13 heavy (non-hydrogen) atoms. The molecule has 0 aliphatic heterocycles. The Morgan fingerprint density at radius 1 is 1.38 bits per heavy atom. The van der Waals surface area contributed by atoms with Crippen molar-refractivity contribution in [3.05, 3.63) is 30.3 Å². The van der Waals surface area contributed by atoms with Crippen LogP contribution in [0.25, 0.3) is 0 Å². The van der Waals surface area contributed by atoms with Crippen molar-refractivity contribution in [3.63, 3.8) is 0 Å². The van der Waals surface area contributed by atoms with Gasteiger partial charge in [0.05, 0.1) is 6.61 Å². The quantitative estimate of drug-likeness (QED) is 0.533. The summed E-state index contributed by atoms with van der Waals surface area (Å²) in [5.74, 6) is 0. The molecule has 3 heteroatoms. The van der Waals surface area contributed by atoms with Crippen LogP contribution in [0.15, 0.2) is 30.3 Å². The molecular formula is C10H15NO2. The van der Waals surface area contributed by atoms with E-state index in [2.05, 4.69) is 5.32 Å². The van der Waals surface area contributed by atoms with E-state index in [9.17, 15) is 0 Å². The molecule has 0 aliphatic rings. The molecule has 0 bridgehead atoms. The first-order valence-electron chi connectivity index (χ1n) is 4.37. The van der Waals surface area contributed by atoms with Crippen molar-refractivity contribution in [3.8, 4) is 0 Å². The van der Waals surface area contributed by atoms with Crippen LogP contribution in [0.1, 0.15) is 6.92 Å². The second kappa shape index (κ2) is 5.56. The second-order valence-corrected chi connectivity index (χ2v) is 2.76. The summed E-state index contributed by atoms with van der Waals surface area (Å²) in [7, 11) is 0. The normalized spacial score (nSPS) is 12.5. The monoisotopic (exact) mass is 181 g/mol. The molecule has 72 valence electrons. The fourth-order valence-electron chi connectivity index (χ4n) is 0.981. The smallest absolute Gasteiger partial charge is 0.151 e. The van der Waals surface area contributed by atoms with E-state index in [0.29, 0.717) is 13.2 Å². The van der Waals surface area contributed by atoms with Crippen LogP contribution in [0, 0.1) is 0 Å². The summed E-state index contributed by atoms with van der Waals surface area (Å²) in [4.78, 5) is 0. The number of benzene rings is 1. The van der Waals surface area contributed by atoms with Crippen molar-refractivity contribution < 1.29 is 9.84 Å². The highest BCUT2D eigenvalue weighted by atomic mass is 16.6. The maximum atomic E-state index is 8.80. The van der Waals surface area contributed by atoms with Gasteiger partial charge in [0.25, 0.3) is 0 Å². The van der Waals surface area contributed by atoms with Crippen LogP contribution >= 0.6 is 0 Å². The largest absolute Gasteiger partial charge is 0.383 e. The lowest BCUT2D eigenvalue weighted by atomic mass is 10.3. The van der Waals surface area contributed by atoms with Crippen molar-refractivity contribution in [1.82, 2.24) is 0 Å². The number of rotatable bonds is 5. The highest BCUT2D eigenvalue weighted by Gasteiger charge is 1.93. The molecule has 0 radical (unpaired) electrons. The van der Waals surface area contributed by atoms with E-state index in [1.807, 2.05) is 30.3 Å². The van der Waals surface area contributed by atoms with Gasteiger partial charge in [-0.3, -0.25) is 0 Å². The molecule has 0 aromatic heterocycles. The minimum absolute atomic E-state index is 0.507. The predicted octanol–water partition coefficient (Wildman–Crippen LogP) is 1.45. The van der Waals surface area contributed by atoms with E-state index in [0.717, 1.165) is 5.69 Å². The third kappa shape index (κ3) is 4.50. The first-order valence-corrected chi connectivity index (χ1v) is 4.37. The van der Waals surface area contributed by atoms with Gasteiger partial charge >= 0.3 is 0 Å². The third-order valence-electron chi connectivity index (χ3n) is 1.56. The standard InChI is InChI=1S/C10H15NO2/c1-9(12)13-8-7-11-10-5-3-2-4-6-10/h2-6,9,11-12H,7-8H2,1H3. The zero-order valence-electron chi connectivity index (χ0n) is 7.73. The molecule has 1 atom stereocenters. The van der Waals surface area contributed by atoms with E-state index in [1.54, 1.807) is 6.92 Å². The molecule has 3 nitrogen and oxygen atoms in total. The lowest BCUT2D eigenvalue weighted by molar-refractivity contribution is -0.0811. The lowest BCUT2D eigenvalue weighted by Crippen LogP contribution is -2.14. The molecule has 0 saturated heterocycles. The van der Waals surface area contributed by atoms with Gasteiger partial charge in [0, 0.05) is 12.2 Å². The van der Waals surface area contributed by atoms with E-state index in [-0.39, 0.29) is 0 Å².